The van der Waals surface area contributed by atoms with Crippen LogP contribution in [0.4, 0.5) is 5.82 Å². The summed E-state index contributed by atoms with van der Waals surface area (Å²) in [6.45, 7) is 5.40. The van der Waals surface area contributed by atoms with E-state index in [0.717, 1.165) is 52.5 Å². The smallest absolute Gasteiger partial charge is 0.161 e. The van der Waals surface area contributed by atoms with Crippen LogP contribution in [0.5, 0.6) is 11.5 Å². The summed E-state index contributed by atoms with van der Waals surface area (Å²) >= 11 is 1.66. The zero-order valence-electron chi connectivity index (χ0n) is 17.2. The molecule has 2 aromatic heterocycles. The number of anilines is 1. The minimum Gasteiger partial charge on any atom is -0.493 e. The van der Waals surface area contributed by atoms with Crippen molar-refractivity contribution < 1.29 is 14.3 Å². The molecule has 3 aromatic rings. The fourth-order valence-electron chi connectivity index (χ4n) is 4.03. The Morgan fingerprint density at radius 1 is 1.24 bits per heavy atom. The highest BCUT2D eigenvalue weighted by Crippen LogP contribution is 2.41. The number of hydrogen-bond acceptors (Lipinski definition) is 7. The van der Waals surface area contributed by atoms with E-state index in [2.05, 4.69) is 10.3 Å². The van der Waals surface area contributed by atoms with E-state index >= 15 is 0 Å². The number of nitrogens with zero attached hydrogens (tertiary/aromatic N) is 3. The molecule has 0 aliphatic carbocycles. The van der Waals surface area contributed by atoms with Crippen LogP contribution >= 0.6 is 11.3 Å². The van der Waals surface area contributed by atoms with Gasteiger partial charge in [0.05, 0.1) is 24.4 Å². The second kappa shape index (κ2) is 7.99. The highest BCUT2D eigenvalue weighted by molar-refractivity contribution is 7.18. The van der Waals surface area contributed by atoms with Crippen LogP contribution in [0.15, 0.2) is 23.6 Å². The SMILES string of the molecule is COc1ccc(-c2csc3c(N4CC[C@@H](CC(C)=O)C4)nc(C)nc23)cc1OC. The van der Waals surface area contributed by atoms with Gasteiger partial charge < -0.3 is 19.2 Å². The van der Waals surface area contributed by atoms with Gasteiger partial charge in [0.1, 0.15) is 17.4 Å². The van der Waals surface area contributed by atoms with Gasteiger partial charge in [-0.2, -0.15) is 0 Å². The van der Waals surface area contributed by atoms with Gasteiger partial charge in [-0.3, -0.25) is 0 Å². The summed E-state index contributed by atoms with van der Waals surface area (Å²) in [5.74, 6) is 3.80. The number of aromatic nitrogens is 2. The molecule has 0 unspecified atom stereocenters. The average Bonchev–Trinajstić information content (AvgIpc) is 3.33. The second-order valence-electron chi connectivity index (χ2n) is 7.50. The van der Waals surface area contributed by atoms with E-state index in [4.69, 9.17) is 19.4 Å². The lowest BCUT2D eigenvalue weighted by Gasteiger charge is -2.18. The predicted octanol–water partition coefficient (Wildman–Crippen LogP) is 4.49. The monoisotopic (exact) mass is 411 g/mol. The number of ketones is 1. The third-order valence-corrected chi connectivity index (χ3v) is 6.33. The number of aryl methyl sites for hydroxylation is 1. The maximum absolute atomic E-state index is 11.5. The van der Waals surface area contributed by atoms with Crippen molar-refractivity contribution in [3.63, 3.8) is 0 Å². The number of ether oxygens (including phenoxy) is 2. The number of hydrogen-bond donors (Lipinski definition) is 0. The zero-order chi connectivity index (χ0) is 20.5. The molecule has 1 saturated heterocycles. The molecule has 7 heteroatoms. The first-order valence-corrected chi connectivity index (χ1v) is 10.6. The second-order valence-corrected chi connectivity index (χ2v) is 8.38. The van der Waals surface area contributed by atoms with Gasteiger partial charge in [0.15, 0.2) is 11.5 Å². The van der Waals surface area contributed by atoms with Crippen LogP contribution < -0.4 is 14.4 Å². The van der Waals surface area contributed by atoms with E-state index in [1.807, 2.05) is 25.1 Å². The largest absolute Gasteiger partial charge is 0.493 e. The van der Waals surface area contributed by atoms with Crippen molar-refractivity contribution in [2.24, 2.45) is 5.92 Å². The van der Waals surface area contributed by atoms with E-state index in [-0.39, 0.29) is 5.78 Å². The number of benzene rings is 1. The summed E-state index contributed by atoms with van der Waals surface area (Å²) in [5.41, 5.74) is 3.06. The summed E-state index contributed by atoms with van der Waals surface area (Å²) < 4.78 is 11.9. The Kier molecular flexibility index (Phi) is 5.41. The Labute approximate surface area is 174 Å². The number of carbonyl (C=O) groups is 1. The summed E-state index contributed by atoms with van der Waals surface area (Å²) in [6.07, 6.45) is 1.67. The van der Waals surface area contributed by atoms with Gasteiger partial charge in [-0.1, -0.05) is 6.07 Å². The number of carbonyl (C=O) groups excluding carboxylic acids is 1. The number of rotatable bonds is 6. The van der Waals surface area contributed by atoms with Gasteiger partial charge >= 0.3 is 0 Å². The first-order chi connectivity index (χ1) is 14.0. The molecule has 0 radical (unpaired) electrons. The minimum absolute atomic E-state index is 0.257. The van der Waals surface area contributed by atoms with Crippen molar-refractivity contribution in [3.8, 4) is 22.6 Å². The Morgan fingerprint density at radius 3 is 2.76 bits per heavy atom. The summed E-state index contributed by atoms with van der Waals surface area (Å²) in [5, 5.41) is 2.13. The fraction of sp³-hybridized carbons (Fsp3) is 0.409. The molecule has 29 heavy (non-hydrogen) atoms. The van der Waals surface area contributed by atoms with E-state index in [9.17, 15) is 4.79 Å². The van der Waals surface area contributed by atoms with Gasteiger partial charge in [0, 0.05) is 30.5 Å². The van der Waals surface area contributed by atoms with Crippen molar-refractivity contribution in [2.45, 2.75) is 26.7 Å². The molecule has 1 atom stereocenters. The summed E-state index contributed by atoms with van der Waals surface area (Å²) in [6, 6.07) is 5.92. The number of fused-ring (bicyclic) bond motifs is 1. The molecule has 1 aliphatic rings. The molecule has 0 N–H and O–H groups in total. The van der Waals surface area contributed by atoms with E-state index < -0.39 is 0 Å². The topological polar surface area (TPSA) is 64.5 Å². The molecule has 0 amide bonds. The predicted molar refractivity (Wildman–Crippen MR) is 116 cm³/mol. The molecular formula is C22H25N3O3S. The van der Waals surface area contributed by atoms with E-state index in [0.29, 0.717) is 23.8 Å². The first-order valence-electron chi connectivity index (χ1n) is 9.72. The maximum Gasteiger partial charge on any atom is 0.161 e. The van der Waals surface area contributed by atoms with Crippen LogP contribution in [0.1, 0.15) is 25.6 Å². The first kappa shape index (κ1) is 19.6. The summed E-state index contributed by atoms with van der Waals surface area (Å²) in [4.78, 5) is 23.3. The summed E-state index contributed by atoms with van der Waals surface area (Å²) in [7, 11) is 3.28. The van der Waals surface area contributed by atoms with Crippen molar-refractivity contribution in [3.05, 3.63) is 29.4 Å². The molecule has 0 saturated carbocycles. The Balaban J connectivity index is 1.74. The molecule has 1 aromatic carbocycles. The normalized spacial score (nSPS) is 16.4. The van der Waals surface area contributed by atoms with Crippen LogP contribution in [-0.4, -0.2) is 43.1 Å². The molecular weight excluding hydrogens is 386 g/mol. The van der Waals surface area contributed by atoms with Crippen LogP contribution in [-0.2, 0) is 4.79 Å². The Morgan fingerprint density at radius 2 is 2.03 bits per heavy atom. The lowest BCUT2D eigenvalue weighted by atomic mass is 10.0. The number of thiophene rings is 1. The van der Waals surface area contributed by atoms with Crippen LogP contribution in [0.2, 0.25) is 0 Å². The third kappa shape index (κ3) is 3.79. The molecule has 0 spiro atoms. The highest BCUT2D eigenvalue weighted by atomic mass is 32.1. The van der Waals surface area contributed by atoms with Crippen molar-refractivity contribution in [2.75, 3.05) is 32.2 Å². The number of methoxy groups -OCH3 is 2. The Bertz CT molecular complexity index is 1060. The molecule has 152 valence electrons. The number of Topliss-reactive ketones (excluding diaryl/α,β-unsaturated/α-hetero) is 1. The quantitative estimate of drug-likeness (QED) is 0.595. The average molecular weight is 412 g/mol. The van der Waals surface area contributed by atoms with Gasteiger partial charge in [0.25, 0.3) is 0 Å². The van der Waals surface area contributed by atoms with Gasteiger partial charge in [0.2, 0.25) is 0 Å². The fourth-order valence-corrected chi connectivity index (χ4v) is 5.06. The lowest BCUT2D eigenvalue weighted by Crippen LogP contribution is -2.22. The van der Waals surface area contributed by atoms with Crippen LogP contribution in [0, 0.1) is 12.8 Å². The molecule has 4 rings (SSSR count). The van der Waals surface area contributed by atoms with Gasteiger partial charge in [-0.25, -0.2) is 9.97 Å². The standard InChI is InChI=1S/C22H25N3O3S/c1-13(26)9-15-7-8-25(11-15)22-21-20(23-14(2)24-22)17(12-29-21)16-5-6-18(27-3)19(10-16)28-4/h5-6,10,12,15H,7-9,11H2,1-4H3/t15-/m0/s1. The zero-order valence-corrected chi connectivity index (χ0v) is 18.0. The van der Waals surface area contributed by atoms with Gasteiger partial charge in [-0.15, -0.1) is 11.3 Å². The third-order valence-electron chi connectivity index (χ3n) is 5.37. The maximum atomic E-state index is 11.5. The van der Waals surface area contributed by atoms with Crippen LogP contribution in [0.3, 0.4) is 0 Å². The molecule has 1 fully saturated rings. The molecule has 6 nitrogen and oxygen atoms in total. The highest BCUT2D eigenvalue weighted by Gasteiger charge is 2.27. The molecule has 3 heterocycles. The lowest BCUT2D eigenvalue weighted by molar-refractivity contribution is -0.117. The van der Waals surface area contributed by atoms with Crippen molar-refractivity contribution in [1.82, 2.24) is 9.97 Å². The molecule has 1 aliphatic heterocycles. The van der Waals surface area contributed by atoms with E-state index in [1.54, 1.807) is 32.5 Å². The van der Waals surface area contributed by atoms with Crippen molar-refractivity contribution >= 4 is 33.2 Å². The van der Waals surface area contributed by atoms with Crippen molar-refractivity contribution in [1.29, 1.82) is 0 Å². The van der Waals surface area contributed by atoms with E-state index in [1.165, 1.54) is 0 Å². The van der Waals surface area contributed by atoms with Gasteiger partial charge in [-0.05, 0) is 43.9 Å². The Hall–Kier alpha value is -2.67. The molecule has 0 bridgehead atoms. The van der Waals surface area contributed by atoms with Crippen LogP contribution in [0.25, 0.3) is 21.3 Å². The minimum atomic E-state index is 0.257.